The molecule has 0 fully saturated rings. The van der Waals surface area contributed by atoms with Crippen LogP contribution in [0.3, 0.4) is 0 Å². The summed E-state index contributed by atoms with van der Waals surface area (Å²) in [6, 6.07) is 2.55. The summed E-state index contributed by atoms with van der Waals surface area (Å²) in [7, 11) is 0. The van der Waals surface area contributed by atoms with Gasteiger partial charge < -0.3 is 4.74 Å². The van der Waals surface area contributed by atoms with E-state index in [9.17, 15) is 22.4 Å². The van der Waals surface area contributed by atoms with Gasteiger partial charge in [0.25, 0.3) is 0 Å². The van der Waals surface area contributed by atoms with Crippen molar-refractivity contribution in [3.05, 3.63) is 35.1 Å². The number of benzene rings is 1. The lowest BCUT2D eigenvalue weighted by atomic mass is 9.93. The summed E-state index contributed by atoms with van der Waals surface area (Å²) >= 11 is 0. The number of esters is 1. The van der Waals surface area contributed by atoms with E-state index in [0.29, 0.717) is 18.9 Å². The first-order valence-corrected chi connectivity index (χ1v) is 6.34. The van der Waals surface area contributed by atoms with Gasteiger partial charge in [0, 0.05) is 0 Å². The summed E-state index contributed by atoms with van der Waals surface area (Å²) in [6.07, 6.45) is -3.72. The Labute approximate surface area is 114 Å². The second-order valence-electron chi connectivity index (χ2n) is 4.33. The molecule has 112 valence electrons. The van der Waals surface area contributed by atoms with Crippen molar-refractivity contribution < 1.29 is 27.1 Å². The van der Waals surface area contributed by atoms with Crippen LogP contribution in [-0.4, -0.2) is 12.6 Å². The second-order valence-corrected chi connectivity index (χ2v) is 4.33. The van der Waals surface area contributed by atoms with Crippen molar-refractivity contribution in [2.45, 2.75) is 38.8 Å². The summed E-state index contributed by atoms with van der Waals surface area (Å²) in [5.74, 6) is -2.66. The van der Waals surface area contributed by atoms with Gasteiger partial charge in [0.05, 0.1) is 18.1 Å². The number of alkyl halides is 3. The Morgan fingerprint density at radius 3 is 2.40 bits per heavy atom. The van der Waals surface area contributed by atoms with Crippen LogP contribution in [-0.2, 0) is 15.7 Å². The van der Waals surface area contributed by atoms with Crippen LogP contribution >= 0.6 is 0 Å². The van der Waals surface area contributed by atoms with Crippen LogP contribution in [0.15, 0.2) is 18.2 Å². The molecule has 0 saturated heterocycles. The Kier molecular flexibility index (Phi) is 5.53. The summed E-state index contributed by atoms with van der Waals surface area (Å²) < 4.78 is 55.8. The molecule has 0 radical (unpaired) electrons. The van der Waals surface area contributed by atoms with Crippen LogP contribution in [0.1, 0.15) is 43.7 Å². The minimum atomic E-state index is -4.74. The Balaban J connectivity index is 3.10. The zero-order valence-corrected chi connectivity index (χ0v) is 11.3. The molecule has 0 aliphatic heterocycles. The van der Waals surface area contributed by atoms with Crippen molar-refractivity contribution in [2.24, 2.45) is 0 Å². The molecule has 1 atom stereocenters. The monoisotopic (exact) mass is 292 g/mol. The minimum absolute atomic E-state index is 0.169. The maximum absolute atomic E-state index is 13.5. The Bertz CT molecular complexity index is 469. The molecule has 1 aromatic rings. The molecule has 1 aromatic carbocycles. The highest BCUT2D eigenvalue weighted by atomic mass is 19.4. The van der Waals surface area contributed by atoms with Gasteiger partial charge in [0.1, 0.15) is 5.82 Å². The van der Waals surface area contributed by atoms with Gasteiger partial charge in [-0.15, -0.1) is 0 Å². The molecule has 0 bridgehead atoms. The third kappa shape index (κ3) is 3.95. The van der Waals surface area contributed by atoms with E-state index >= 15 is 0 Å². The molecule has 1 rings (SSSR count). The van der Waals surface area contributed by atoms with Crippen LogP contribution in [0.4, 0.5) is 17.6 Å². The largest absolute Gasteiger partial charge is 0.466 e. The molecular formula is C14H16F4O2. The smallest absolute Gasteiger partial charge is 0.419 e. The highest BCUT2D eigenvalue weighted by Gasteiger charge is 2.34. The van der Waals surface area contributed by atoms with E-state index in [1.807, 2.05) is 6.92 Å². The Morgan fingerprint density at radius 1 is 1.30 bits per heavy atom. The van der Waals surface area contributed by atoms with Crippen LogP contribution < -0.4 is 0 Å². The second kappa shape index (κ2) is 6.72. The molecule has 0 aromatic heterocycles. The van der Waals surface area contributed by atoms with Gasteiger partial charge in [-0.3, -0.25) is 4.79 Å². The number of halogens is 4. The van der Waals surface area contributed by atoms with Crippen LogP contribution in [0, 0.1) is 5.82 Å². The van der Waals surface area contributed by atoms with Gasteiger partial charge in [-0.2, -0.15) is 13.2 Å². The summed E-state index contributed by atoms with van der Waals surface area (Å²) in [6.45, 7) is 3.63. The Morgan fingerprint density at radius 2 is 1.95 bits per heavy atom. The molecule has 0 aliphatic rings. The molecule has 1 unspecified atom stereocenters. The molecule has 0 spiro atoms. The molecule has 6 heteroatoms. The van der Waals surface area contributed by atoms with Crippen molar-refractivity contribution in [3.8, 4) is 0 Å². The zero-order valence-electron chi connectivity index (χ0n) is 11.3. The summed E-state index contributed by atoms with van der Waals surface area (Å²) in [4.78, 5) is 11.8. The third-order valence-electron chi connectivity index (χ3n) is 2.85. The molecule has 0 N–H and O–H groups in total. The average molecular weight is 292 g/mol. The standard InChI is InChI=1S/C14H16F4O2/c1-3-5-10(13(19)20-4-2)9-6-7-11(12(15)8-9)14(16,17)18/h6-8,10H,3-5H2,1-2H3. The van der Waals surface area contributed by atoms with E-state index in [1.54, 1.807) is 6.92 Å². The fourth-order valence-electron chi connectivity index (χ4n) is 1.93. The summed E-state index contributed by atoms with van der Waals surface area (Å²) in [5.41, 5.74) is -1.13. The number of rotatable bonds is 5. The number of carbonyl (C=O) groups is 1. The number of hydrogen-bond acceptors (Lipinski definition) is 2. The lowest BCUT2D eigenvalue weighted by molar-refractivity contribution is -0.145. The first-order chi connectivity index (χ1) is 9.31. The normalized spacial score (nSPS) is 13.1. The van der Waals surface area contributed by atoms with Crippen molar-refractivity contribution in [2.75, 3.05) is 6.61 Å². The average Bonchev–Trinajstić information content (AvgIpc) is 2.34. The molecule has 2 nitrogen and oxygen atoms in total. The van der Waals surface area contributed by atoms with Gasteiger partial charge in [-0.1, -0.05) is 19.4 Å². The fourth-order valence-corrected chi connectivity index (χ4v) is 1.93. The third-order valence-corrected chi connectivity index (χ3v) is 2.85. The number of ether oxygens (including phenoxy) is 1. The van der Waals surface area contributed by atoms with Crippen molar-refractivity contribution in [3.63, 3.8) is 0 Å². The molecule has 20 heavy (non-hydrogen) atoms. The van der Waals surface area contributed by atoms with Gasteiger partial charge in [-0.25, -0.2) is 4.39 Å². The van der Waals surface area contributed by atoms with Gasteiger partial charge >= 0.3 is 12.1 Å². The highest BCUT2D eigenvalue weighted by Crippen LogP contribution is 2.33. The van der Waals surface area contributed by atoms with E-state index in [0.717, 1.165) is 12.1 Å². The lowest BCUT2D eigenvalue weighted by Gasteiger charge is -2.16. The lowest BCUT2D eigenvalue weighted by Crippen LogP contribution is -2.17. The van der Waals surface area contributed by atoms with Crippen LogP contribution in [0.25, 0.3) is 0 Å². The van der Waals surface area contributed by atoms with Crippen LogP contribution in [0.2, 0.25) is 0 Å². The van der Waals surface area contributed by atoms with Crippen molar-refractivity contribution >= 4 is 5.97 Å². The van der Waals surface area contributed by atoms with E-state index < -0.39 is 29.4 Å². The molecule has 0 saturated carbocycles. The van der Waals surface area contributed by atoms with E-state index in [1.165, 1.54) is 0 Å². The maximum atomic E-state index is 13.5. The first-order valence-electron chi connectivity index (χ1n) is 6.34. The molecule has 0 amide bonds. The predicted octanol–water partition coefficient (Wildman–Crippen LogP) is 4.29. The van der Waals surface area contributed by atoms with Crippen molar-refractivity contribution in [1.82, 2.24) is 0 Å². The molecule has 0 heterocycles. The topological polar surface area (TPSA) is 26.3 Å². The zero-order chi connectivity index (χ0) is 15.3. The van der Waals surface area contributed by atoms with Crippen molar-refractivity contribution in [1.29, 1.82) is 0 Å². The van der Waals surface area contributed by atoms with Gasteiger partial charge in [0.2, 0.25) is 0 Å². The number of hydrogen-bond donors (Lipinski definition) is 0. The minimum Gasteiger partial charge on any atom is -0.466 e. The molecule has 0 aliphatic carbocycles. The van der Waals surface area contributed by atoms with Crippen LogP contribution in [0.5, 0.6) is 0 Å². The molecular weight excluding hydrogens is 276 g/mol. The Hall–Kier alpha value is -1.59. The SMILES string of the molecule is CCCC(C(=O)OCC)c1ccc(C(F)(F)F)c(F)c1. The number of carbonyl (C=O) groups excluding carboxylic acids is 1. The van der Waals surface area contributed by atoms with E-state index in [2.05, 4.69) is 0 Å². The van der Waals surface area contributed by atoms with Gasteiger partial charge in [-0.05, 0) is 31.0 Å². The highest BCUT2D eigenvalue weighted by molar-refractivity contribution is 5.78. The van der Waals surface area contributed by atoms with Gasteiger partial charge in [0.15, 0.2) is 0 Å². The maximum Gasteiger partial charge on any atom is 0.419 e. The summed E-state index contributed by atoms with van der Waals surface area (Å²) in [5, 5.41) is 0. The van der Waals surface area contributed by atoms with E-state index in [-0.39, 0.29) is 12.2 Å². The predicted molar refractivity (Wildman–Crippen MR) is 65.7 cm³/mol. The fraction of sp³-hybridized carbons (Fsp3) is 0.500. The first kappa shape index (κ1) is 16.5. The van der Waals surface area contributed by atoms with E-state index in [4.69, 9.17) is 4.74 Å². The quantitative estimate of drug-likeness (QED) is 0.597.